The summed E-state index contributed by atoms with van der Waals surface area (Å²) in [7, 11) is 0. The molecule has 188 valence electrons. The van der Waals surface area contributed by atoms with Crippen LogP contribution in [0.25, 0.3) is 6.08 Å². The molecule has 9 heteroatoms. The van der Waals surface area contributed by atoms with Gasteiger partial charge in [0, 0.05) is 36.8 Å². The molecule has 0 aromatic heterocycles. The van der Waals surface area contributed by atoms with Crippen LogP contribution in [0.4, 0.5) is 14.9 Å². The fourth-order valence-electron chi connectivity index (χ4n) is 4.37. The number of hydrogen-bond acceptors (Lipinski definition) is 5. The van der Waals surface area contributed by atoms with E-state index in [1.807, 2.05) is 11.0 Å². The Labute approximate surface area is 223 Å². The fourth-order valence-corrected chi connectivity index (χ4v) is 5.42. The molecule has 2 heterocycles. The van der Waals surface area contributed by atoms with Crippen LogP contribution in [0.15, 0.2) is 77.7 Å². The molecular formula is C28H23ClFN3O3S. The SMILES string of the molecule is O=C(c1ccc(/C=C2\SC(=O)N(Cc3cccc(Cl)c3)C2=O)cc1)N1CCN(c2ccccc2F)CC1. The second kappa shape index (κ2) is 10.8. The summed E-state index contributed by atoms with van der Waals surface area (Å²) in [5, 5.41) is 0.208. The van der Waals surface area contributed by atoms with Crippen molar-refractivity contribution in [3.05, 3.63) is 105 Å². The van der Waals surface area contributed by atoms with Gasteiger partial charge in [-0.25, -0.2) is 4.39 Å². The monoisotopic (exact) mass is 535 g/mol. The molecule has 2 fully saturated rings. The van der Waals surface area contributed by atoms with Crippen LogP contribution >= 0.6 is 23.4 Å². The first-order valence-electron chi connectivity index (χ1n) is 11.8. The lowest BCUT2D eigenvalue weighted by atomic mass is 10.1. The molecule has 5 rings (SSSR count). The molecule has 3 amide bonds. The predicted molar refractivity (Wildman–Crippen MR) is 144 cm³/mol. The molecule has 0 aliphatic carbocycles. The molecule has 0 bridgehead atoms. The highest BCUT2D eigenvalue weighted by molar-refractivity contribution is 8.18. The Morgan fingerprint density at radius 2 is 1.68 bits per heavy atom. The minimum atomic E-state index is -0.358. The van der Waals surface area contributed by atoms with Crippen LogP contribution in [-0.4, -0.2) is 53.0 Å². The van der Waals surface area contributed by atoms with Crippen LogP contribution in [0, 0.1) is 5.82 Å². The zero-order chi connectivity index (χ0) is 25.9. The minimum Gasteiger partial charge on any atom is -0.366 e. The summed E-state index contributed by atoms with van der Waals surface area (Å²) >= 11 is 6.91. The van der Waals surface area contributed by atoms with Crippen molar-refractivity contribution >= 4 is 52.2 Å². The first-order valence-corrected chi connectivity index (χ1v) is 13.0. The summed E-state index contributed by atoms with van der Waals surface area (Å²) in [6.07, 6.45) is 1.66. The van der Waals surface area contributed by atoms with E-state index in [0.717, 1.165) is 17.3 Å². The van der Waals surface area contributed by atoms with Crippen LogP contribution in [0.1, 0.15) is 21.5 Å². The number of imide groups is 1. The van der Waals surface area contributed by atoms with E-state index in [1.165, 1.54) is 11.0 Å². The molecular weight excluding hydrogens is 513 g/mol. The summed E-state index contributed by atoms with van der Waals surface area (Å²) in [6, 6.07) is 20.6. The lowest BCUT2D eigenvalue weighted by Crippen LogP contribution is -2.49. The van der Waals surface area contributed by atoms with Gasteiger partial charge in [0.05, 0.1) is 17.1 Å². The second-order valence-electron chi connectivity index (χ2n) is 8.75. The van der Waals surface area contributed by atoms with Crippen LogP contribution < -0.4 is 4.90 Å². The smallest absolute Gasteiger partial charge is 0.293 e. The molecule has 2 aliphatic rings. The van der Waals surface area contributed by atoms with Gasteiger partial charge in [-0.1, -0.05) is 48.0 Å². The Morgan fingerprint density at radius 3 is 2.38 bits per heavy atom. The normalized spacial score (nSPS) is 17.1. The van der Waals surface area contributed by atoms with Crippen molar-refractivity contribution in [2.24, 2.45) is 0 Å². The molecule has 0 atom stereocenters. The summed E-state index contributed by atoms with van der Waals surface area (Å²) in [6.45, 7) is 2.25. The maximum absolute atomic E-state index is 14.1. The maximum atomic E-state index is 14.1. The Balaban J connectivity index is 1.21. The van der Waals surface area contributed by atoms with Crippen molar-refractivity contribution in [2.75, 3.05) is 31.1 Å². The number of piperazine rings is 1. The highest BCUT2D eigenvalue weighted by Gasteiger charge is 2.35. The molecule has 0 saturated carbocycles. The van der Waals surface area contributed by atoms with E-state index in [4.69, 9.17) is 11.6 Å². The quantitative estimate of drug-likeness (QED) is 0.393. The Hall–Kier alpha value is -3.62. The number of nitrogens with zero attached hydrogens (tertiary/aromatic N) is 3. The van der Waals surface area contributed by atoms with Gasteiger partial charge in [-0.05, 0) is 65.4 Å². The Bertz CT molecular complexity index is 1390. The first kappa shape index (κ1) is 25.0. The van der Waals surface area contributed by atoms with Crippen LogP contribution in [0.5, 0.6) is 0 Å². The van der Waals surface area contributed by atoms with Gasteiger partial charge in [0.1, 0.15) is 5.82 Å². The Kier molecular flexibility index (Phi) is 7.30. The number of rotatable bonds is 5. The lowest BCUT2D eigenvalue weighted by Gasteiger charge is -2.36. The second-order valence-corrected chi connectivity index (χ2v) is 10.2. The van der Waals surface area contributed by atoms with Crippen molar-refractivity contribution in [3.63, 3.8) is 0 Å². The third-order valence-corrected chi connectivity index (χ3v) is 7.46. The molecule has 0 N–H and O–H groups in total. The number of thioether (sulfide) groups is 1. The van der Waals surface area contributed by atoms with E-state index in [-0.39, 0.29) is 29.4 Å². The molecule has 0 spiro atoms. The first-order chi connectivity index (χ1) is 17.9. The van der Waals surface area contributed by atoms with Gasteiger partial charge in [-0.2, -0.15) is 0 Å². The zero-order valence-corrected chi connectivity index (χ0v) is 21.3. The maximum Gasteiger partial charge on any atom is 0.293 e. The summed E-state index contributed by atoms with van der Waals surface area (Å²) < 4.78 is 14.1. The van der Waals surface area contributed by atoms with Gasteiger partial charge in [0.25, 0.3) is 17.1 Å². The lowest BCUT2D eigenvalue weighted by molar-refractivity contribution is -0.123. The molecule has 2 saturated heterocycles. The molecule has 3 aromatic rings. The highest BCUT2D eigenvalue weighted by Crippen LogP contribution is 2.33. The van der Waals surface area contributed by atoms with Crippen LogP contribution in [-0.2, 0) is 11.3 Å². The highest BCUT2D eigenvalue weighted by atomic mass is 35.5. The molecule has 6 nitrogen and oxygen atoms in total. The van der Waals surface area contributed by atoms with Gasteiger partial charge < -0.3 is 9.80 Å². The summed E-state index contributed by atoms with van der Waals surface area (Å²) in [5.74, 6) is -0.718. The number of anilines is 1. The fraction of sp³-hybridized carbons (Fsp3) is 0.179. The third-order valence-electron chi connectivity index (χ3n) is 6.32. The molecule has 3 aromatic carbocycles. The number of carbonyl (C=O) groups is 3. The van der Waals surface area contributed by atoms with E-state index in [2.05, 4.69) is 0 Å². The van der Waals surface area contributed by atoms with Gasteiger partial charge in [0.15, 0.2) is 0 Å². The number of para-hydroxylation sites is 1. The predicted octanol–water partition coefficient (Wildman–Crippen LogP) is 5.68. The van der Waals surface area contributed by atoms with E-state index in [0.29, 0.717) is 52.9 Å². The van der Waals surface area contributed by atoms with Gasteiger partial charge >= 0.3 is 0 Å². The molecule has 37 heavy (non-hydrogen) atoms. The molecule has 2 aliphatic heterocycles. The number of hydrogen-bond donors (Lipinski definition) is 0. The number of carbonyl (C=O) groups excluding carboxylic acids is 3. The van der Waals surface area contributed by atoms with Crippen molar-refractivity contribution in [1.29, 1.82) is 0 Å². The topological polar surface area (TPSA) is 60.9 Å². The summed E-state index contributed by atoms with van der Waals surface area (Å²) in [4.78, 5) is 43.5. The summed E-state index contributed by atoms with van der Waals surface area (Å²) in [5.41, 5.74) is 2.57. The Morgan fingerprint density at radius 1 is 0.946 bits per heavy atom. The standard InChI is InChI=1S/C28H23ClFN3O3S/c29-22-5-3-4-20(16-22)18-33-27(35)25(37-28(33)36)17-19-8-10-21(11-9-19)26(34)32-14-12-31(13-15-32)24-7-2-1-6-23(24)30/h1-11,16-17H,12-15,18H2/b25-17-. The molecule has 0 unspecified atom stereocenters. The van der Waals surface area contributed by atoms with Crippen molar-refractivity contribution < 1.29 is 18.8 Å². The average molecular weight is 536 g/mol. The molecule has 0 radical (unpaired) electrons. The number of amides is 3. The van der Waals surface area contributed by atoms with E-state index >= 15 is 0 Å². The largest absolute Gasteiger partial charge is 0.366 e. The van der Waals surface area contributed by atoms with Gasteiger partial charge in [-0.3, -0.25) is 19.3 Å². The number of halogens is 2. The number of benzene rings is 3. The van der Waals surface area contributed by atoms with E-state index in [9.17, 15) is 18.8 Å². The minimum absolute atomic E-state index is 0.0958. The van der Waals surface area contributed by atoms with Gasteiger partial charge in [-0.15, -0.1) is 0 Å². The van der Waals surface area contributed by atoms with Gasteiger partial charge in [0.2, 0.25) is 0 Å². The van der Waals surface area contributed by atoms with Crippen molar-refractivity contribution in [1.82, 2.24) is 9.80 Å². The van der Waals surface area contributed by atoms with Crippen LogP contribution in [0.2, 0.25) is 5.02 Å². The third kappa shape index (κ3) is 5.55. The van der Waals surface area contributed by atoms with Crippen molar-refractivity contribution in [2.45, 2.75) is 6.54 Å². The van der Waals surface area contributed by atoms with Crippen molar-refractivity contribution in [3.8, 4) is 0 Å². The average Bonchev–Trinajstić information content (AvgIpc) is 3.16. The van der Waals surface area contributed by atoms with Crippen LogP contribution in [0.3, 0.4) is 0 Å². The van der Waals surface area contributed by atoms with E-state index in [1.54, 1.807) is 71.6 Å². The van der Waals surface area contributed by atoms with E-state index < -0.39 is 0 Å². The zero-order valence-electron chi connectivity index (χ0n) is 19.8.